The van der Waals surface area contributed by atoms with Crippen LogP contribution in [0.15, 0.2) is 36.5 Å². The topological polar surface area (TPSA) is 52.6 Å². The van der Waals surface area contributed by atoms with Crippen LogP contribution >= 0.6 is 0 Å². The van der Waals surface area contributed by atoms with Crippen molar-refractivity contribution in [1.82, 2.24) is 0 Å². The molecule has 4 nitrogen and oxygen atoms in total. The van der Waals surface area contributed by atoms with Crippen molar-refractivity contribution in [3.63, 3.8) is 0 Å². The van der Waals surface area contributed by atoms with Crippen molar-refractivity contribution in [2.24, 2.45) is 0 Å². The third-order valence-corrected chi connectivity index (χ3v) is 2.20. The van der Waals surface area contributed by atoms with E-state index in [1.54, 1.807) is 0 Å². The van der Waals surface area contributed by atoms with Crippen molar-refractivity contribution in [3.8, 4) is 0 Å². The summed E-state index contributed by atoms with van der Waals surface area (Å²) in [4.78, 5) is 0. The minimum atomic E-state index is -5.62. The van der Waals surface area contributed by atoms with Gasteiger partial charge in [-0.2, -0.15) is 21.6 Å². The number of ether oxygens (including phenoxy) is 1. The molecule has 0 spiro atoms. The maximum atomic E-state index is 11.9. The lowest BCUT2D eigenvalue weighted by Crippen LogP contribution is -2.25. The highest BCUT2D eigenvalue weighted by molar-refractivity contribution is 7.87. The van der Waals surface area contributed by atoms with E-state index in [0.29, 0.717) is 0 Å². The zero-order valence-electron chi connectivity index (χ0n) is 7.06. The van der Waals surface area contributed by atoms with E-state index in [1.165, 1.54) is 6.08 Å². The van der Waals surface area contributed by atoms with Gasteiger partial charge in [0.1, 0.15) is 5.76 Å². The van der Waals surface area contributed by atoms with E-state index in [-0.39, 0.29) is 0 Å². The van der Waals surface area contributed by atoms with Gasteiger partial charge in [-0.15, -0.1) is 0 Å². The van der Waals surface area contributed by atoms with Gasteiger partial charge < -0.3 is 8.92 Å². The van der Waals surface area contributed by atoms with Gasteiger partial charge in [0.15, 0.2) is 0 Å². The predicted molar refractivity (Wildman–Crippen MR) is 43.5 cm³/mol. The Labute approximate surface area is 83.4 Å². The summed E-state index contributed by atoms with van der Waals surface area (Å²) in [6.45, 7) is 0. The van der Waals surface area contributed by atoms with Gasteiger partial charge in [-0.3, -0.25) is 0 Å². The fourth-order valence-corrected chi connectivity index (χ4v) is 1.08. The van der Waals surface area contributed by atoms with Gasteiger partial charge in [0.05, 0.1) is 12.5 Å². The fraction of sp³-hybridized carbons (Fsp3) is 0.143. The Hall–Kier alpha value is -1.44. The average molecular weight is 242 g/mol. The summed E-state index contributed by atoms with van der Waals surface area (Å²) >= 11 is 0. The van der Waals surface area contributed by atoms with Crippen molar-refractivity contribution in [1.29, 1.82) is 0 Å². The Morgan fingerprint density at radius 2 is 1.93 bits per heavy atom. The van der Waals surface area contributed by atoms with E-state index in [0.717, 1.165) is 24.7 Å². The molecule has 0 bridgehead atoms. The second kappa shape index (κ2) is 3.97. The Morgan fingerprint density at radius 1 is 1.27 bits per heavy atom. The van der Waals surface area contributed by atoms with E-state index in [4.69, 9.17) is 0 Å². The molecule has 0 atom stereocenters. The molecular weight excluding hydrogens is 237 g/mol. The van der Waals surface area contributed by atoms with Crippen LogP contribution in [0.4, 0.5) is 13.2 Å². The third kappa shape index (κ3) is 3.01. The minimum Gasteiger partial charge on any atom is -0.472 e. The molecular formula is C7H5F3O4S. The van der Waals surface area contributed by atoms with Gasteiger partial charge in [0.2, 0.25) is 0 Å². The van der Waals surface area contributed by atoms with Crippen molar-refractivity contribution in [2.75, 3.05) is 0 Å². The molecule has 0 fully saturated rings. The highest BCUT2D eigenvalue weighted by Gasteiger charge is 2.48. The molecule has 0 unspecified atom stereocenters. The molecule has 0 saturated carbocycles. The first-order valence-corrected chi connectivity index (χ1v) is 4.93. The zero-order valence-corrected chi connectivity index (χ0v) is 7.88. The summed E-state index contributed by atoms with van der Waals surface area (Å²) in [6, 6.07) is 0. The van der Waals surface area contributed by atoms with Gasteiger partial charge >= 0.3 is 15.6 Å². The maximum Gasteiger partial charge on any atom is 0.534 e. The van der Waals surface area contributed by atoms with Crippen LogP contribution in [0.2, 0.25) is 0 Å². The van der Waals surface area contributed by atoms with Gasteiger partial charge in [0, 0.05) is 6.08 Å². The predicted octanol–water partition coefficient (Wildman–Crippen LogP) is 1.79. The van der Waals surface area contributed by atoms with E-state index >= 15 is 0 Å². The summed E-state index contributed by atoms with van der Waals surface area (Å²) in [5.41, 5.74) is -5.45. The highest BCUT2D eigenvalue weighted by atomic mass is 32.2. The second-order valence-electron chi connectivity index (χ2n) is 2.32. The molecule has 0 N–H and O–H groups in total. The Kier molecular flexibility index (Phi) is 3.08. The Balaban J connectivity index is 2.87. The molecule has 0 aromatic rings. The summed E-state index contributed by atoms with van der Waals surface area (Å²) in [5.74, 6) is -0.485. The molecule has 0 aromatic heterocycles. The lowest BCUT2D eigenvalue weighted by Gasteiger charge is -2.08. The van der Waals surface area contributed by atoms with Gasteiger partial charge in [-0.1, -0.05) is 0 Å². The standard InChI is InChI=1S/C7H5F3O4S/c8-7(9,10)15(11,12)14-6-2-1-4-13-5-3-6/h1-5H. The van der Waals surface area contributed by atoms with Crippen LogP contribution in [0.3, 0.4) is 0 Å². The molecule has 0 aromatic carbocycles. The second-order valence-corrected chi connectivity index (χ2v) is 3.86. The summed E-state index contributed by atoms with van der Waals surface area (Å²) in [7, 11) is -5.62. The lowest BCUT2D eigenvalue weighted by atomic mass is 10.4. The van der Waals surface area contributed by atoms with Gasteiger partial charge in [-0.25, -0.2) is 0 Å². The third-order valence-electron chi connectivity index (χ3n) is 1.22. The summed E-state index contributed by atoms with van der Waals surface area (Å²) in [5, 5.41) is 0. The van der Waals surface area contributed by atoms with Crippen LogP contribution in [-0.2, 0) is 19.0 Å². The first kappa shape index (κ1) is 11.6. The molecule has 0 aliphatic carbocycles. The van der Waals surface area contributed by atoms with Crippen LogP contribution in [0, 0.1) is 0 Å². The quantitative estimate of drug-likeness (QED) is 0.547. The molecule has 1 aliphatic rings. The molecule has 1 rings (SSSR count). The van der Waals surface area contributed by atoms with Crippen LogP contribution < -0.4 is 0 Å². The Bertz CT molecular complexity index is 416. The molecule has 0 amide bonds. The number of halogens is 3. The van der Waals surface area contributed by atoms with E-state index in [1.807, 2.05) is 0 Å². The highest BCUT2D eigenvalue weighted by Crippen LogP contribution is 2.27. The first-order chi connectivity index (χ1) is 6.83. The zero-order chi connectivity index (χ0) is 11.5. The molecule has 84 valence electrons. The molecule has 15 heavy (non-hydrogen) atoms. The Morgan fingerprint density at radius 3 is 2.53 bits per heavy atom. The van der Waals surface area contributed by atoms with Crippen molar-refractivity contribution < 1.29 is 30.5 Å². The molecule has 1 heterocycles. The van der Waals surface area contributed by atoms with Crippen LogP contribution in [0.1, 0.15) is 0 Å². The lowest BCUT2D eigenvalue weighted by molar-refractivity contribution is -0.0519. The average Bonchev–Trinajstić information content (AvgIpc) is 2.30. The van der Waals surface area contributed by atoms with E-state index in [2.05, 4.69) is 8.92 Å². The van der Waals surface area contributed by atoms with E-state index in [9.17, 15) is 21.6 Å². The first-order valence-electron chi connectivity index (χ1n) is 3.52. The number of alkyl halides is 3. The summed E-state index contributed by atoms with van der Waals surface area (Å²) in [6.07, 6.45) is 5.30. The largest absolute Gasteiger partial charge is 0.534 e. The molecule has 0 radical (unpaired) electrons. The smallest absolute Gasteiger partial charge is 0.472 e. The van der Waals surface area contributed by atoms with Crippen molar-refractivity contribution in [2.45, 2.75) is 5.51 Å². The monoisotopic (exact) mass is 242 g/mol. The number of hydrogen-bond acceptors (Lipinski definition) is 4. The number of rotatable bonds is 2. The molecule has 8 heteroatoms. The van der Waals surface area contributed by atoms with Gasteiger partial charge in [-0.05, 0) is 12.2 Å². The van der Waals surface area contributed by atoms with Crippen LogP contribution in [0.5, 0.6) is 0 Å². The maximum absolute atomic E-state index is 11.9. The number of hydrogen-bond donors (Lipinski definition) is 0. The summed E-state index contributed by atoms with van der Waals surface area (Å²) < 4.78 is 65.1. The molecule has 0 saturated heterocycles. The van der Waals surface area contributed by atoms with Crippen LogP contribution in [-0.4, -0.2) is 13.9 Å². The molecule has 1 aliphatic heterocycles. The van der Waals surface area contributed by atoms with E-state index < -0.39 is 21.4 Å². The SMILES string of the molecule is O=S(=O)(OC1=CC=COC=C1)C(F)(F)F. The van der Waals surface area contributed by atoms with Crippen LogP contribution in [0.25, 0.3) is 0 Å². The normalized spacial score (nSPS) is 16.6. The number of allylic oxidation sites excluding steroid dienone is 3. The minimum absolute atomic E-state index is 0.485. The van der Waals surface area contributed by atoms with Crippen molar-refractivity contribution >= 4 is 10.1 Å². The van der Waals surface area contributed by atoms with Crippen molar-refractivity contribution in [3.05, 3.63) is 36.5 Å². The fourth-order valence-electron chi connectivity index (χ4n) is 0.616. The van der Waals surface area contributed by atoms with Gasteiger partial charge in [0.25, 0.3) is 0 Å².